The number of carbonyl (C=O) groups is 2. The van der Waals surface area contributed by atoms with Crippen LogP contribution in [0.2, 0.25) is 5.02 Å². The zero-order valence-electron chi connectivity index (χ0n) is 14.0. The van der Waals surface area contributed by atoms with Crippen LogP contribution in [0.5, 0.6) is 0 Å². The highest BCUT2D eigenvalue weighted by molar-refractivity contribution is 7.90. The maximum atomic E-state index is 13.8. The molecule has 2 atom stereocenters. The fraction of sp³-hybridized carbons (Fsp3) is 0.222. The van der Waals surface area contributed by atoms with E-state index in [9.17, 15) is 26.8 Å². The number of carbonyl (C=O) groups excluding carboxylic acids is 2. The van der Waals surface area contributed by atoms with Gasteiger partial charge in [-0.25, -0.2) is 21.9 Å². The molecule has 0 heterocycles. The van der Waals surface area contributed by atoms with Gasteiger partial charge in [0.2, 0.25) is 5.91 Å². The Hall–Kier alpha value is -2.32. The number of rotatable bonds is 5. The largest absolute Gasteiger partial charge is 0.295 e. The molecule has 2 aromatic rings. The Balaban J connectivity index is 1.80. The van der Waals surface area contributed by atoms with Crippen molar-refractivity contribution in [1.29, 1.82) is 0 Å². The Kier molecular flexibility index (Phi) is 5.05. The first-order chi connectivity index (χ1) is 12.6. The third-order valence-corrected chi connectivity index (χ3v) is 6.18. The number of sulfonamides is 1. The van der Waals surface area contributed by atoms with E-state index in [1.165, 1.54) is 19.1 Å². The van der Waals surface area contributed by atoms with Gasteiger partial charge < -0.3 is 0 Å². The molecule has 0 radical (unpaired) electrons. The molecule has 1 amide bonds. The lowest BCUT2D eigenvalue weighted by Gasteiger charge is -2.10. The smallest absolute Gasteiger partial charge is 0.265 e. The highest BCUT2D eigenvalue weighted by Crippen LogP contribution is 2.48. The highest BCUT2D eigenvalue weighted by atomic mass is 35.5. The summed E-state index contributed by atoms with van der Waals surface area (Å²) in [5.41, 5.74) is 0.155. The van der Waals surface area contributed by atoms with Crippen molar-refractivity contribution in [3.8, 4) is 0 Å². The molecule has 1 aliphatic rings. The number of benzene rings is 2. The summed E-state index contributed by atoms with van der Waals surface area (Å²) < 4.78 is 53.9. The second-order valence-electron chi connectivity index (χ2n) is 6.29. The van der Waals surface area contributed by atoms with Gasteiger partial charge in [0.05, 0.1) is 5.02 Å². The summed E-state index contributed by atoms with van der Waals surface area (Å²) in [5, 5.41) is -0.149. The fourth-order valence-corrected chi connectivity index (χ4v) is 4.37. The van der Waals surface area contributed by atoms with E-state index < -0.39 is 44.3 Å². The molecule has 0 unspecified atom stereocenters. The van der Waals surface area contributed by atoms with Gasteiger partial charge in [-0.1, -0.05) is 11.6 Å². The molecule has 0 saturated heterocycles. The molecule has 1 fully saturated rings. The van der Waals surface area contributed by atoms with Gasteiger partial charge in [-0.3, -0.25) is 9.59 Å². The normalized spacial score (nSPS) is 18.8. The van der Waals surface area contributed by atoms with Crippen LogP contribution in [0.15, 0.2) is 41.3 Å². The van der Waals surface area contributed by atoms with Gasteiger partial charge >= 0.3 is 0 Å². The molecule has 1 N–H and O–H groups in total. The molecule has 1 aliphatic carbocycles. The van der Waals surface area contributed by atoms with Gasteiger partial charge in [-0.15, -0.1) is 0 Å². The first kappa shape index (κ1) is 19.4. The lowest BCUT2D eigenvalue weighted by molar-refractivity contribution is -0.120. The van der Waals surface area contributed by atoms with Crippen LogP contribution in [0, 0.1) is 17.6 Å². The number of halogens is 3. The van der Waals surface area contributed by atoms with Crippen molar-refractivity contribution in [3.05, 3.63) is 64.2 Å². The predicted molar refractivity (Wildman–Crippen MR) is 94.0 cm³/mol. The van der Waals surface area contributed by atoms with Gasteiger partial charge in [-0.05, 0) is 61.2 Å². The van der Waals surface area contributed by atoms with E-state index >= 15 is 0 Å². The summed E-state index contributed by atoms with van der Waals surface area (Å²) >= 11 is 5.89. The van der Waals surface area contributed by atoms with Crippen LogP contribution in [0.3, 0.4) is 0 Å². The summed E-state index contributed by atoms with van der Waals surface area (Å²) in [6, 6.07) is 6.62. The molecular weight excluding hydrogens is 400 g/mol. The van der Waals surface area contributed by atoms with Gasteiger partial charge in [0.25, 0.3) is 10.0 Å². The van der Waals surface area contributed by atoms with Crippen LogP contribution in [-0.4, -0.2) is 20.1 Å². The lowest BCUT2D eigenvalue weighted by Crippen LogP contribution is -2.32. The Morgan fingerprint density at radius 2 is 1.85 bits per heavy atom. The Morgan fingerprint density at radius 1 is 1.15 bits per heavy atom. The average molecular weight is 414 g/mol. The van der Waals surface area contributed by atoms with Crippen molar-refractivity contribution in [3.63, 3.8) is 0 Å². The minimum Gasteiger partial charge on any atom is -0.295 e. The van der Waals surface area contributed by atoms with Gasteiger partial charge in [0, 0.05) is 11.5 Å². The lowest BCUT2D eigenvalue weighted by atomic mass is 10.1. The standard InChI is InChI=1S/C18H14ClF2NO4S/c1-9(23)10-2-4-15(19)17(6-10)27(25,26)22-18(24)14-8-12(14)13-7-11(20)3-5-16(13)21/h2-7,12,14H,8H2,1H3,(H,22,24)/t12-,14+/m1/s1. The van der Waals surface area contributed by atoms with E-state index in [1.54, 1.807) is 0 Å². The minimum atomic E-state index is -4.33. The van der Waals surface area contributed by atoms with Crippen LogP contribution in [0.1, 0.15) is 35.2 Å². The maximum Gasteiger partial charge on any atom is 0.265 e. The van der Waals surface area contributed by atoms with Crippen molar-refractivity contribution in [2.45, 2.75) is 24.2 Å². The molecule has 0 bridgehead atoms. The molecule has 27 heavy (non-hydrogen) atoms. The molecule has 0 spiro atoms. The molecule has 1 saturated carbocycles. The fourth-order valence-electron chi connectivity index (χ4n) is 2.82. The Bertz CT molecular complexity index is 1060. The molecule has 9 heteroatoms. The van der Waals surface area contributed by atoms with Crippen LogP contribution < -0.4 is 4.72 Å². The number of hydrogen-bond acceptors (Lipinski definition) is 4. The van der Waals surface area contributed by atoms with Gasteiger partial charge in [0.15, 0.2) is 5.78 Å². The molecule has 3 rings (SSSR count). The third-order valence-electron chi connectivity index (χ3n) is 4.35. The van der Waals surface area contributed by atoms with Gasteiger partial charge in [0.1, 0.15) is 16.5 Å². The average Bonchev–Trinajstić information content (AvgIpc) is 3.37. The number of nitrogens with one attached hydrogen (secondary N) is 1. The number of Topliss-reactive ketones (excluding diaryl/α,β-unsaturated/α-hetero) is 1. The SMILES string of the molecule is CC(=O)c1ccc(Cl)c(S(=O)(=O)NC(=O)[C@H]2C[C@@H]2c2cc(F)ccc2F)c1. The summed E-state index contributed by atoms with van der Waals surface area (Å²) in [5.74, 6) is -3.90. The summed E-state index contributed by atoms with van der Waals surface area (Å²) in [6.45, 7) is 1.26. The summed E-state index contributed by atoms with van der Waals surface area (Å²) in [6.07, 6.45) is 0.197. The second kappa shape index (κ2) is 7.01. The van der Waals surface area contributed by atoms with Crippen molar-refractivity contribution in [1.82, 2.24) is 4.72 Å². The van der Waals surface area contributed by atoms with E-state index in [4.69, 9.17) is 11.6 Å². The molecular formula is C18H14ClF2NO4S. The maximum absolute atomic E-state index is 13.8. The van der Waals surface area contributed by atoms with Crippen LogP contribution >= 0.6 is 11.6 Å². The number of ketones is 1. The number of hydrogen-bond donors (Lipinski definition) is 1. The first-order valence-electron chi connectivity index (χ1n) is 7.92. The summed E-state index contributed by atoms with van der Waals surface area (Å²) in [7, 11) is -4.33. The Morgan fingerprint density at radius 3 is 2.52 bits per heavy atom. The number of amides is 1. The second-order valence-corrected chi connectivity index (χ2v) is 8.34. The van der Waals surface area contributed by atoms with E-state index in [1.807, 2.05) is 4.72 Å². The van der Waals surface area contributed by atoms with E-state index in [0.717, 1.165) is 24.3 Å². The quantitative estimate of drug-likeness (QED) is 0.761. The van der Waals surface area contributed by atoms with E-state index in [0.29, 0.717) is 0 Å². The molecule has 5 nitrogen and oxygen atoms in total. The van der Waals surface area contributed by atoms with Crippen molar-refractivity contribution in [2.24, 2.45) is 5.92 Å². The van der Waals surface area contributed by atoms with Crippen LogP contribution in [0.4, 0.5) is 8.78 Å². The summed E-state index contributed by atoms with van der Waals surface area (Å²) in [4.78, 5) is 23.3. The van der Waals surface area contributed by atoms with E-state index in [2.05, 4.69) is 0 Å². The van der Waals surface area contributed by atoms with Crippen molar-refractivity contribution >= 4 is 33.3 Å². The molecule has 0 aromatic heterocycles. The zero-order chi connectivity index (χ0) is 19.9. The topological polar surface area (TPSA) is 80.3 Å². The van der Waals surface area contributed by atoms with Crippen molar-refractivity contribution in [2.75, 3.05) is 0 Å². The van der Waals surface area contributed by atoms with Gasteiger partial charge in [-0.2, -0.15) is 0 Å². The predicted octanol–water partition coefficient (Wildman–Crippen LogP) is 3.43. The highest BCUT2D eigenvalue weighted by Gasteiger charge is 2.46. The molecule has 2 aromatic carbocycles. The monoisotopic (exact) mass is 413 g/mol. The minimum absolute atomic E-state index is 0.0316. The van der Waals surface area contributed by atoms with Crippen molar-refractivity contribution < 1.29 is 26.8 Å². The zero-order valence-corrected chi connectivity index (χ0v) is 15.6. The molecule has 142 valence electrons. The first-order valence-corrected chi connectivity index (χ1v) is 9.78. The Labute approximate surface area is 159 Å². The van der Waals surface area contributed by atoms with E-state index in [-0.39, 0.29) is 28.4 Å². The van der Waals surface area contributed by atoms with Crippen LogP contribution in [0.25, 0.3) is 0 Å². The third kappa shape index (κ3) is 4.01. The van der Waals surface area contributed by atoms with Crippen LogP contribution in [-0.2, 0) is 14.8 Å². The molecule has 0 aliphatic heterocycles.